The number of hydrogen-bond donors (Lipinski definition) is 2. The molecular formula is C33H41N3O8. The number of rotatable bonds is 10. The number of aliphatic hydroxyl groups is 1. The maximum absolute atomic E-state index is 12.9. The molecule has 2 atom stereocenters. The number of nitrogens with zero attached hydrogens (tertiary/aromatic N) is 2. The van der Waals surface area contributed by atoms with E-state index in [9.17, 15) is 19.5 Å². The summed E-state index contributed by atoms with van der Waals surface area (Å²) in [5, 5.41) is 12.2. The van der Waals surface area contributed by atoms with Crippen LogP contribution in [0.5, 0.6) is 0 Å². The zero-order valence-corrected chi connectivity index (χ0v) is 26.0. The van der Waals surface area contributed by atoms with E-state index in [0.717, 1.165) is 39.3 Å². The van der Waals surface area contributed by atoms with Crippen molar-refractivity contribution >= 4 is 18.0 Å². The van der Waals surface area contributed by atoms with E-state index in [0.29, 0.717) is 29.2 Å². The Balaban J connectivity index is 1.58. The Kier molecular flexibility index (Phi) is 12.8. The maximum atomic E-state index is 12.9. The minimum atomic E-state index is -1.18. The number of benzene rings is 1. The summed E-state index contributed by atoms with van der Waals surface area (Å²) < 4.78 is 21.5. The second kappa shape index (κ2) is 16.5. The van der Waals surface area contributed by atoms with E-state index in [4.69, 9.17) is 13.9 Å². The van der Waals surface area contributed by atoms with Gasteiger partial charge in [-0.25, -0.2) is 9.59 Å². The zero-order valence-electron chi connectivity index (χ0n) is 26.0. The molecule has 2 amide bonds. The number of hydrogen-bond acceptors (Lipinski definition) is 9. The van der Waals surface area contributed by atoms with Gasteiger partial charge in [-0.2, -0.15) is 0 Å². The van der Waals surface area contributed by atoms with Crippen molar-refractivity contribution in [3.8, 4) is 23.7 Å². The van der Waals surface area contributed by atoms with Crippen LogP contribution in [-0.2, 0) is 25.5 Å². The smallest absolute Gasteiger partial charge is 0.410 e. The van der Waals surface area contributed by atoms with Crippen LogP contribution in [-0.4, -0.2) is 97.1 Å². The van der Waals surface area contributed by atoms with Crippen molar-refractivity contribution in [2.75, 3.05) is 46.5 Å². The lowest BCUT2D eigenvalue weighted by Crippen LogP contribution is -2.48. The summed E-state index contributed by atoms with van der Waals surface area (Å²) in [7, 11) is 1.18. The van der Waals surface area contributed by atoms with Crippen LogP contribution in [0.1, 0.15) is 61.6 Å². The van der Waals surface area contributed by atoms with Gasteiger partial charge >= 0.3 is 12.1 Å². The van der Waals surface area contributed by atoms with Crippen LogP contribution in [0.2, 0.25) is 0 Å². The summed E-state index contributed by atoms with van der Waals surface area (Å²) in [5.74, 6) is 11.0. The topological polar surface area (TPSA) is 131 Å². The molecule has 236 valence electrons. The Labute approximate surface area is 258 Å². The van der Waals surface area contributed by atoms with Gasteiger partial charge in [-0.15, -0.1) is 0 Å². The summed E-state index contributed by atoms with van der Waals surface area (Å²) in [4.78, 5) is 41.1. The van der Waals surface area contributed by atoms with Crippen LogP contribution >= 0.6 is 0 Å². The van der Waals surface area contributed by atoms with Crippen molar-refractivity contribution in [1.29, 1.82) is 0 Å². The lowest BCUT2D eigenvalue weighted by Gasteiger charge is -2.29. The Morgan fingerprint density at radius 3 is 2.39 bits per heavy atom. The highest BCUT2D eigenvalue weighted by molar-refractivity contribution is 5.97. The Morgan fingerprint density at radius 1 is 1.07 bits per heavy atom. The fourth-order valence-electron chi connectivity index (χ4n) is 4.22. The van der Waals surface area contributed by atoms with E-state index in [2.05, 4.69) is 38.6 Å². The summed E-state index contributed by atoms with van der Waals surface area (Å²) in [6.07, 6.45) is -0.719. The summed E-state index contributed by atoms with van der Waals surface area (Å²) >= 11 is 0. The van der Waals surface area contributed by atoms with Crippen LogP contribution in [0, 0.1) is 23.7 Å². The molecule has 3 rings (SSSR count). The monoisotopic (exact) mass is 607 g/mol. The van der Waals surface area contributed by atoms with Gasteiger partial charge in [0.15, 0.2) is 11.8 Å². The number of amides is 2. The van der Waals surface area contributed by atoms with Crippen molar-refractivity contribution in [2.45, 2.75) is 58.4 Å². The number of morpholine rings is 1. The Bertz CT molecular complexity index is 1380. The molecule has 1 fully saturated rings. The second-order valence-corrected chi connectivity index (χ2v) is 11.3. The number of esters is 1. The van der Waals surface area contributed by atoms with Gasteiger partial charge in [-0.3, -0.25) is 9.69 Å². The van der Waals surface area contributed by atoms with Gasteiger partial charge in [-0.05, 0) is 88.3 Å². The molecule has 11 heteroatoms. The molecule has 44 heavy (non-hydrogen) atoms. The lowest BCUT2D eigenvalue weighted by molar-refractivity contribution is -0.145. The summed E-state index contributed by atoms with van der Waals surface area (Å²) in [6.45, 7) is 11.8. The van der Waals surface area contributed by atoms with Gasteiger partial charge in [0.1, 0.15) is 11.4 Å². The van der Waals surface area contributed by atoms with Crippen LogP contribution in [0.25, 0.3) is 0 Å². The molecule has 2 aromatic rings. The maximum Gasteiger partial charge on any atom is 0.410 e. The van der Waals surface area contributed by atoms with E-state index >= 15 is 0 Å². The first-order chi connectivity index (χ1) is 20.9. The average Bonchev–Trinajstić information content (AvgIpc) is 3.44. The van der Waals surface area contributed by atoms with Gasteiger partial charge in [0.25, 0.3) is 5.91 Å². The molecular weight excluding hydrogens is 566 g/mol. The normalized spacial score (nSPS) is 14.6. The van der Waals surface area contributed by atoms with Crippen molar-refractivity contribution in [2.24, 2.45) is 0 Å². The molecule has 1 aromatic heterocycles. The number of aliphatic hydroxyl groups excluding tert-OH is 1. The first-order valence-electron chi connectivity index (χ1n) is 14.5. The van der Waals surface area contributed by atoms with Crippen molar-refractivity contribution in [3.63, 3.8) is 0 Å². The SMILES string of the molecule is COC(=O)C(NC(=O)c1ccc(C#CC#Cc2ccc(CN(CCCN3CCOCC3)C(=O)OC(C)(C)C)o2)cc1)C(C)O. The van der Waals surface area contributed by atoms with E-state index < -0.39 is 35.7 Å². The van der Waals surface area contributed by atoms with Gasteiger partial charge < -0.3 is 34.0 Å². The highest BCUT2D eigenvalue weighted by atomic mass is 16.6. The third kappa shape index (κ3) is 11.4. The van der Waals surface area contributed by atoms with E-state index in [-0.39, 0.29) is 6.54 Å². The summed E-state index contributed by atoms with van der Waals surface area (Å²) in [5.41, 5.74) is 0.304. The first kappa shape index (κ1) is 34.2. The number of ether oxygens (including phenoxy) is 3. The quantitative estimate of drug-likeness (QED) is 0.309. The van der Waals surface area contributed by atoms with E-state index in [1.54, 1.807) is 41.3 Å². The van der Waals surface area contributed by atoms with Crippen molar-refractivity contribution < 1.29 is 38.1 Å². The van der Waals surface area contributed by atoms with Gasteiger partial charge in [0, 0.05) is 37.3 Å². The van der Waals surface area contributed by atoms with Crippen LogP contribution in [0.15, 0.2) is 40.8 Å². The highest BCUT2D eigenvalue weighted by Gasteiger charge is 2.27. The van der Waals surface area contributed by atoms with Crippen LogP contribution < -0.4 is 5.32 Å². The molecule has 1 aliphatic heterocycles. The predicted octanol–water partition coefficient (Wildman–Crippen LogP) is 2.79. The molecule has 2 unspecified atom stereocenters. The minimum absolute atomic E-state index is 0.253. The second-order valence-electron chi connectivity index (χ2n) is 11.3. The van der Waals surface area contributed by atoms with Gasteiger partial charge in [-0.1, -0.05) is 5.92 Å². The molecule has 1 aromatic carbocycles. The van der Waals surface area contributed by atoms with Crippen LogP contribution in [0.3, 0.4) is 0 Å². The zero-order chi connectivity index (χ0) is 32.1. The fraction of sp³-hybridized carbons (Fsp3) is 0.485. The molecule has 0 aliphatic carbocycles. The molecule has 1 saturated heterocycles. The Morgan fingerprint density at radius 2 is 1.75 bits per heavy atom. The van der Waals surface area contributed by atoms with Gasteiger partial charge in [0.05, 0.1) is 33.0 Å². The largest absolute Gasteiger partial charge is 0.467 e. The third-order valence-electron chi connectivity index (χ3n) is 6.49. The van der Waals surface area contributed by atoms with E-state index in [1.165, 1.54) is 14.0 Å². The van der Waals surface area contributed by atoms with Crippen LogP contribution in [0.4, 0.5) is 4.79 Å². The average molecular weight is 608 g/mol. The molecule has 0 saturated carbocycles. The number of furan rings is 1. The molecule has 11 nitrogen and oxygen atoms in total. The molecule has 2 heterocycles. The van der Waals surface area contributed by atoms with Crippen molar-refractivity contribution in [1.82, 2.24) is 15.1 Å². The number of methoxy groups -OCH3 is 1. The molecule has 2 N–H and O–H groups in total. The highest BCUT2D eigenvalue weighted by Crippen LogP contribution is 2.15. The number of nitrogens with one attached hydrogen (secondary N) is 1. The van der Waals surface area contributed by atoms with E-state index in [1.807, 2.05) is 20.8 Å². The predicted molar refractivity (Wildman–Crippen MR) is 162 cm³/mol. The first-order valence-corrected chi connectivity index (χ1v) is 14.5. The number of carbonyl (C=O) groups excluding carboxylic acids is 3. The third-order valence-corrected chi connectivity index (χ3v) is 6.49. The molecule has 1 aliphatic rings. The summed E-state index contributed by atoms with van der Waals surface area (Å²) in [6, 6.07) is 8.74. The number of carbonyl (C=O) groups is 3. The standard InChI is InChI=1S/C33H41N3O8/c1-24(37)29(31(39)41-5)34-30(38)26-13-11-25(12-14-26)9-6-7-10-27-15-16-28(43-27)23-36(32(40)44-33(2,3)4)18-8-17-35-19-21-42-22-20-35/h11-16,24,29,37H,8,17-23H2,1-5H3,(H,34,38). The van der Waals surface area contributed by atoms with Crippen molar-refractivity contribution in [3.05, 3.63) is 59.0 Å². The minimum Gasteiger partial charge on any atom is -0.467 e. The molecule has 0 radical (unpaired) electrons. The Hall–Kier alpha value is -4.29. The van der Waals surface area contributed by atoms with Gasteiger partial charge in [0.2, 0.25) is 0 Å². The fourth-order valence-corrected chi connectivity index (χ4v) is 4.22. The molecule has 0 spiro atoms. The molecule has 0 bridgehead atoms. The lowest BCUT2D eigenvalue weighted by atomic mass is 10.1.